The Labute approximate surface area is 170 Å². The van der Waals surface area contributed by atoms with Crippen molar-refractivity contribution in [2.75, 3.05) is 24.5 Å². The summed E-state index contributed by atoms with van der Waals surface area (Å²) in [4.78, 5) is 25.9. The van der Waals surface area contributed by atoms with E-state index in [1.54, 1.807) is 6.07 Å². The summed E-state index contributed by atoms with van der Waals surface area (Å²) >= 11 is 5.83. The third-order valence-electron chi connectivity index (χ3n) is 5.07. The molecule has 0 atom stereocenters. The van der Waals surface area contributed by atoms with Crippen LogP contribution in [0.4, 0.5) is 10.2 Å². The van der Waals surface area contributed by atoms with Crippen LogP contribution in [-0.4, -0.2) is 46.5 Å². The third kappa shape index (κ3) is 4.61. The van der Waals surface area contributed by atoms with Gasteiger partial charge in [0.15, 0.2) is 0 Å². The summed E-state index contributed by atoms with van der Waals surface area (Å²) in [6.45, 7) is 8.10. The molecular formula is C21H26ClFN4O. The number of carbonyl (C=O) groups excluding carboxylic acids is 1. The van der Waals surface area contributed by atoms with Crippen molar-refractivity contribution in [3.63, 3.8) is 0 Å². The lowest BCUT2D eigenvalue weighted by atomic mass is 10.0. The van der Waals surface area contributed by atoms with Crippen LogP contribution in [0, 0.1) is 19.7 Å². The molecule has 1 aliphatic rings. The minimum atomic E-state index is -0.567. The van der Waals surface area contributed by atoms with E-state index < -0.39 is 5.82 Å². The summed E-state index contributed by atoms with van der Waals surface area (Å²) in [6.07, 6.45) is 2.47. The molecule has 3 rings (SSSR count). The number of carbonyl (C=O) groups is 1. The number of halogens is 2. The van der Waals surface area contributed by atoms with E-state index in [0.717, 1.165) is 49.7 Å². The van der Waals surface area contributed by atoms with Crippen LogP contribution in [0.25, 0.3) is 0 Å². The number of piperidine rings is 1. The van der Waals surface area contributed by atoms with Crippen molar-refractivity contribution in [1.29, 1.82) is 0 Å². The van der Waals surface area contributed by atoms with E-state index in [-0.39, 0.29) is 17.5 Å². The summed E-state index contributed by atoms with van der Waals surface area (Å²) in [5, 5.41) is 0.292. The Morgan fingerprint density at radius 1 is 1.25 bits per heavy atom. The second-order valence-corrected chi connectivity index (χ2v) is 7.69. The maximum atomic E-state index is 14.3. The van der Waals surface area contributed by atoms with Crippen molar-refractivity contribution in [2.24, 2.45) is 0 Å². The highest BCUT2D eigenvalue weighted by atomic mass is 35.5. The minimum Gasteiger partial charge on any atom is -0.356 e. The molecule has 0 bridgehead atoms. The monoisotopic (exact) mass is 404 g/mol. The van der Waals surface area contributed by atoms with Crippen LogP contribution in [0.5, 0.6) is 0 Å². The molecule has 0 radical (unpaired) electrons. The Morgan fingerprint density at radius 3 is 2.57 bits per heavy atom. The number of aromatic nitrogens is 2. The largest absolute Gasteiger partial charge is 0.356 e. The number of benzene rings is 1. The zero-order valence-electron chi connectivity index (χ0n) is 16.6. The summed E-state index contributed by atoms with van der Waals surface area (Å²) in [5.41, 5.74) is 1.04. The highest BCUT2D eigenvalue weighted by molar-refractivity contribution is 6.30. The zero-order valence-corrected chi connectivity index (χ0v) is 17.3. The quantitative estimate of drug-likeness (QED) is 0.740. The molecule has 5 nitrogen and oxygen atoms in total. The molecule has 1 saturated heterocycles. The van der Waals surface area contributed by atoms with Gasteiger partial charge in [-0.3, -0.25) is 4.79 Å². The standard InChI is InChI=1S/C21H26ClFN4O/c1-4-9-27(21(28)18-6-5-16(22)13-19(18)23)17-7-10-26(11-8-17)20-12-14(2)24-15(3)25-20/h5-6,12-13,17H,4,7-11H2,1-3H3. The predicted molar refractivity (Wildman–Crippen MR) is 109 cm³/mol. The number of nitrogens with zero attached hydrogens (tertiary/aromatic N) is 4. The van der Waals surface area contributed by atoms with E-state index in [1.165, 1.54) is 12.1 Å². The van der Waals surface area contributed by atoms with Gasteiger partial charge in [-0.25, -0.2) is 14.4 Å². The Balaban J connectivity index is 1.73. The molecule has 0 aliphatic carbocycles. The Hall–Kier alpha value is -2.21. The van der Waals surface area contributed by atoms with Crippen LogP contribution in [0.1, 0.15) is 48.1 Å². The van der Waals surface area contributed by atoms with Gasteiger partial charge in [-0.05, 0) is 51.3 Å². The van der Waals surface area contributed by atoms with Gasteiger partial charge in [-0.2, -0.15) is 0 Å². The van der Waals surface area contributed by atoms with Crippen molar-refractivity contribution in [1.82, 2.24) is 14.9 Å². The van der Waals surface area contributed by atoms with Gasteiger partial charge in [0, 0.05) is 42.5 Å². The van der Waals surface area contributed by atoms with Crippen molar-refractivity contribution in [2.45, 2.75) is 46.1 Å². The Kier molecular flexibility index (Phi) is 6.50. The van der Waals surface area contributed by atoms with Gasteiger partial charge in [0.05, 0.1) is 5.56 Å². The first-order valence-electron chi connectivity index (χ1n) is 9.72. The summed E-state index contributed by atoms with van der Waals surface area (Å²) in [6, 6.07) is 6.31. The molecule has 0 spiro atoms. The molecule has 2 aromatic rings. The van der Waals surface area contributed by atoms with Gasteiger partial charge >= 0.3 is 0 Å². The first-order valence-corrected chi connectivity index (χ1v) is 10.1. The van der Waals surface area contributed by atoms with E-state index in [1.807, 2.05) is 31.7 Å². The van der Waals surface area contributed by atoms with E-state index in [4.69, 9.17) is 11.6 Å². The maximum absolute atomic E-state index is 14.3. The lowest BCUT2D eigenvalue weighted by molar-refractivity contribution is 0.0645. The van der Waals surface area contributed by atoms with Gasteiger partial charge in [0.1, 0.15) is 17.5 Å². The highest BCUT2D eigenvalue weighted by Crippen LogP contribution is 2.24. The predicted octanol–water partition coefficient (Wildman–Crippen LogP) is 4.41. The van der Waals surface area contributed by atoms with Crippen LogP contribution >= 0.6 is 11.6 Å². The average molecular weight is 405 g/mol. The molecule has 0 unspecified atom stereocenters. The first kappa shape index (κ1) is 20.5. The van der Waals surface area contributed by atoms with Crippen LogP contribution < -0.4 is 4.90 Å². The van der Waals surface area contributed by atoms with Crippen molar-refractivity contribution >= 4 is 23.3 Å². The highest BCUT2D eigenvalue weighted by Gasteiger charge is 2.30. The number of aryl methyl sites for hydroxylation is 2. The fourth-order valence-corrected chi connectivity index (χ4v) is 3.93. The first-order chi connectivity index (χ1) is 13.4. The minimum absolute atomic E-state index is 0.0855. The Morgan fingerprint density at radius 2 is 1.96 bits per heavy atom. The molecule has 1 aromatic heterocycles. The van der Waals surface area contributed by atoms with E-state index in [0.29, 0.717) is 11.6 Å². The number of amides is 1. The molecule has 1 amide bonds. The van der Waals surface area contributed by atoms with Crippen molar-refractivity contribution in [3.8, 4) is 0 Å². The second kappa shape index (κ2) is 8.86. The normalized spacial score (nSPS) is 15.0. The van der Waals surface area contributed by atoms with Crippen molar-refractivity contribution < 1.29 is 9.18 Å². The van der Waals surface area contributed by atoms with Gasteiger partial charge < -0.3 is 9.80 Å². The molecule has 2 heterocycles. The number of hydrogen-bond donors (Lipinski definition) is 0. The molecule has 28 heavy (non-hydrogen) atoms. The molecule has 0 N–H and O–H groups in total. The topological polar surface area (TPSA) is 49.3 Å². The maximum Gasteiger partial charge on any atom is 0.257 e. The van der Waals surface area contributed by atoms with Gasteiger partial charge in [-0.1, -0.05) is 18.5 Å². The zero-order chi connectivity index (χ0) is 20.3. The lowest BCUT2D eigenvalue weighted by Crippen LogP contribution is -2.48. The molecule has 0 saturated carbocycles. The molecule has 1 aromatic carbocycles. The fraction of sp³-hybridized carbons (Fsp3) is 0.476. The molecular weight excluding hydrogens is 379 g/mol. The smallest absolute Gasteiger partial charge is 0.257 e. The number of rotatable bonds is 5. The van der Waals surface area contributed by atoms with Crippen LogP contribution in [-0.2, 0) is 0 Å². The van der Waals surface area contributed by atoms with Crippen LogP contribution in [0.15, 0.2) is 24.3 Å². The lowest BCUT2D eigenvalue weighted by Gasteiger charge is -2.39. The molecule has 1 fully saturated rings. The van der Waals surface area contributed by atoms with E-state index in [2.05, 4.69) is 14.9 Å². The van der Waals surface area contributed by atoms with Gasteiger partial charge in [0.2, 0.25) is 0 Å². The van der Waals surface area contributed by atoms with Crippen molar-refractivity contribution in [3.05, 3.63) is 52.2 Å². The summed E-state index contributed by atoms with van der Waals surface area (Å²) in [5.74, 6) is 0.866. The third-order valence-corrected chi connectivity index (χ3v) is 5.30. The molecule has 150 valence electrons. The van der Waals surface area contributed by atoms with Crippen LogP contribution in [0.2, 0.25) is 5.02 Å². The number of anilines is 1. The molecule has 1 aliphatic heterocycles. The summed E-state index contributed by atoms with van der Waals surface area (Å²) < 4.78 is 14.3. The van der Waals surface area contributed by atoms with Gasteiger partial charge in [0.25, 0.3) is 5.91 Å². The Bertz CT molecular complexity index is 832. The van der Waals surface area contributed by atoms with E-state index in [9.17, 15) is 9.18 Å². The fourth-order valence-electron chi connectivity index (χ4n) is 3.77. The molecule has 7 heteroatoms. The summed E-state index contributed by atoms with van der Waals surface area (Å²) in [7, 11) is 0. The van der Waals surface area contributed by atoms with Gasteiger partial charge in [-0.15, -0.1) is 0 Å². The van der Waals surface area contributed by atoms with E-state index >= 15 is 0 Å². The second-order valence-electron chi connectivity index (χ2n) is 7.26. The number of hydrogen-bond acceptors (Lipinski definition) is 4. The SMILES string of the molecule is CCCN(C(=O)c1ccc(Cl)cc1F)C1CCN(c2cc(C)nc(C)n2)CC1. The van der Waals surface area contributed by atoms with Crippen LogP contribution in [0.3, 0.4) is 0 Å². The average Bonchev–Trinajstić information content (AvgIpc) is 2.65.